The van der Waals surface area contributed by atoms with Gasteiger partial charge in [0.15, 0.2) is 11.6 Å². The van der Waals surface area contributed by atoms with E-state index in [1.165, 1.54) is 6.07 Å². The number of nitrogens with zero attached hydrogens (tertiary/aromatic N) is 2. The number of likely N-dealkylation sites (tertiary alicyclic amines) is 2. The van der Waals surface area contributed by atoms with Gasteiger partial charge in [-0.1, -0.05) is 6.07 Å². The maximum atomic E-state index is 13.4. The molecular formula is C18H24ClF2N3O2. The first-order valence-electron chi connectivity index (χ1n) is 8.62. The Morgan fingerprint density at radius 1 is 1.19 bits per heavy atom. The van der Waals surface area contributed by atoms with Crippen LogP contribution in [0.5, 0.6) is 0 Å². The first-order chi connectivity index (χ1) is 11.9. The van der Waals surface area contributed by atoms with E-state index in [2.05, 4.69) is 0 Å². The summed E-state index contributed by atoms with van der Waals surface area (Å²) in [5, 5.41) is 0. The van der Waals surface area contributed by atoms with Gasteiger partial charge in [0.2, 0.25) is 11.8 Å². The summed E-state index contributed by atoms with van der Waals surface area (Å²) < 4.78 is 26.4. The Morgan fingerprint density at radius 2 is 1.88 bits per heavy atom. The van der Waals surface area contributed by atoms with Gasteiger partial charge in [0.25, 0.3) is 0 Å². The molecule has 0 unspecified atom stereocenters. The number of carbonyl (C=O) groups excluding carboxylic acids is 2. The van der Waals surface area contributed by atoms with Crippen molar-refractivity contribution in [3.05, 3.63) is 35.4 Å². The molecule has 8 heteroatoms. The van der Waals surface area contributed by atoms with E-state index < -0.39 is 11.6 Å². The van der Waals surface area contributed by atoms with Crippen molar-refractivity contribution in [2.45, 2.75) is 32.2 Å². The van der Waals surface area contributed by atoms with E-state index in [0.29, 0.717) is 44.6 Å². The molecule has 0 aromatic heterocycles. The fourth-order valence-electron chi connectivity index (χ4n) is 3.83. The zero-order valence-corrected chi connectivity index (χ0v) is 15.4. The molecule has 1 aromatic carbocycles. The van der Waals surface area contributed by atoms with Crippen molar-refractivity contribution in [3.63, 3.8) is 0 Å². The monoisotopic (exact) mass is 387 g/mol. The molecule has 5 nitrogen and oxygen atoms in total. The molecule has 1 aromatic rings. The normalized spacial score (nSPS) is 19.0. The molecule has 144 valence electrons. The third kappa shape index (κ3) is 4.32. The van der Waals surface area contributed by atoms with Gasteiger partial charge < -0.3 is 15.5 Å². The standard InChI is InChI=1S/C18H23F2N3O2.ClH/c19-14-2-1-13(9-15(14)20)11-23-12-18(10-17(23)25)4-7-22(8-5-18)16(24)3-6-21;/h1-2,9H,3-8,10-12,21H2;1H. The molecule has 1 spiro atoms. The fraction of sp³-hybridized carbons (Fsp3) is 0.556. The molecule has 2 amide bonds. The fourth-order valence-corrected chi connectivity index (χ4v) is 3.83. The summed E-state index contributed by atoms with van der Waals surface area (Å²) in [6, 6.07) is 3.73. The maximum absolute atomic E-state index is 13.4. The molecule has 2 aliphatic rings. The molecule has 0 aliphatic carbocycles. The van der Waals surface area contributed by atoms with Crippen molar-refractivity contribution in [1.29, 1.82) is 0 Å². The minimum Gasteiger partial charge on any atom is -0.343 e. The molecule has 0 atom stereocenters. The molecule has 0 saturated carbocycles. The summed E-state index contributed by atoms with van der Waals surface area (Å²) in [5.41, 5.74) is 5.90. The van der Waals surface area contributed by atoms with Crippen LogP contribution in [0.25, 0.3) is 0 Å². The molecule has 3 rings (SSSR count). The zero-order chi connectivity index (χ0) is 18.0. The van der Waals surface area contributed by atoms with Gasteiger partial charge in [-0.15, -0.1) is 12.4 Å². The highest BCUT2D eigenvalue weighted by atomic mass is 35.5. The molecule has 0 radical (unpaired) electrons. The van der Waals surface area contributed by atoms with Gasteiger partial charge in [0.05, 0.1) is 0 Å². The second-order valence-corrected chi connectivity index (χ2v) is 7.09. The Balaban J connectivity index is 0.00000243. The van der Waals surface area contributed by atoms with E-state index in [4.69, 9.17) is 5.73 Å². The highest BCUT2D eigenvalue weighted by Gasteiger charge is 2.45. The van der Waals surface area contributed by atoms with E-state index >= 15 is 0 Å². The molecule has 2 N–H and O–H groups in total. The van der Waals surface area contributed by atoms with Crippen LogP contribution >= 0.6 is 12.4 Å². The molecule has 2 heterocycles. The molecule has 0 bridgehead atoms. The van der Waals surface area contributed by atoms with Crippen LogP contribution < -0.4 is 5.73 Å². The van der Waals surface area contributed by atoms with Gasteiger partial charge in [-0.2, -0.15) is 0 Å². The number of carbonyl (C=O) groups is 2. The van der Waals surface area contributed by atoms with Crippen LogP contribution in [0.1, 0.15) is 31.2 Å². The van der Waals surface area contributed by atoms with Gasteiger partial charge in [-0.25, -0.2) is 8.78 Å². The van der Waals surface area contributed by atoms with Crippen LogP contribution in [-0.4, -0.2) is 47.8 Å². The van der Waals surface area contributed by atoms with E-state index in [9.17, 15) is 18.4 Å². The highest BCUT2D eigenvalue weighted by Crippen LogP contribution is 2.41. The number of piperidine rings is 1. The number of hydrogen-bond donors (Lipinski definition) is 1. The SMILES string of the molecule is Cl.NCCC(=O)N1CCC2(CC1)CC(=O)N(Cc1ccc(F)c(F)c1)C2. The number of rotatable bonds is 4. The third-order valence-electron chi connectivity index (χ3n) is 5.30. The lowest BCUT2D eigenvalue weighted by molar-refractivity contribution is -0.133. The van der Waals surface area contributed by atoms with Crippen molar-refractivity contribution in [1.82, 2.24) is 9.80 Å². The van der Waals surface area contributed by atoms with Crippen molar-refractivity contribution < 1.29 is 18.4 Å². The second kappa shape index (κ2) is 8.31. The molecule has 2 saturated heterocycles. The van der Waals surface area contributed by atoms with E-state index in [1.54, 1.807) is 4.90 Å². The maximum Gasteiger partial charge on any atom is 0.223 e. The lowest BCUT2D eigenvalue weighted by Gasteiger charge is -2.38. The molecule has 2 aliphatic heterocycles. The largest absolute Gasteiger partial charge is 0.343 e. The average molecular weight is 388 g/mol. The van der Waals surface area contributed by atoms with E-state index in [1.807, 2.05) is 4.90 Å². The van der Waals surface area contributed by atoms with Crippen LogP contribution in [0.4, 0.5) is 8.78 Å². The van der Waals surface area contributed by atoms with Crippen LogP contribution in [-0.2, 0) is 16.1 Å². The summed E-state index contributed by atoms with van der Waals surface area (Å²) in [6.07, 6.45) is 2.37. The predicted molar refractivity (Wildman–Crippen MR) is 95.6 cm³/mol. The second-order valence-electron chi connectivity index (χ2n) is 7.09. The van der Waals surface area contributed by atoms with Crippen molar-refractivity contribution in [2.75, 3.05) is 26.2 Å². The number of amides is 2. The Hall–Kier alpha value is -1.73. The average Bonchev–Trinajstić information content (AvgIpc) is 2.87. The summed E-state index contributed by atoms with van der Waals surface area (Å²) in [7, 11) is 0. The Bertz CT molecular complexity index is 678. The van der Waals surface area contributed by atoms with E-state index in [-0.39, 0.29) is 36.2 Å². The summed E-state index contributed by atoms with van der Waals surface area (Å²) >= 11 is 0. The van der Waals surface area contributed by atoms with Crippen molar-refractivity contribution in [3.8, 4) is 0 Å². The molecule has 26 heavy (non-hydrogen) atoms. The van der Waals surface area contributed by atoms with Gasteiger partial charge in [0.1, 0.15) is 0 Å². The predicted octanol–water partition coefficient (Wildman–Crippen LogP) is 2.08. The number of benzene rings is 1. The van der Waals surface area contributed by atoms with Gasteiger partial charge in [-0.05, 0) is 30.5 Å². The third-order valence-corrected chi connectivity index (χ3v) is 5.30. The van der Waals surface area contributed by atoms with Crippen LogP contribution in [0, 0.1) is 17.0 Å². The lowest BCUT2D eigenvalue weighted by Crippen LogP contribution is -2.44. The van der Waals surface area contributed by atoms with Gasteiger partial charge >= 0.3 is 0 Å². The smallest absolute Gasteiger partial charge is 0.223 e. The van der Waals surface area contributed by atoms with E-state index in [0.717, 1.165) is 25.0 Å². The Kier molecular flexibility index (Phi) is 6.58. The number of nitrogens with two attached hydrogens (primary N) is 1. The minimum absolute atomic E-state index is 0. The van der Waals surface area contributed by atoms with Crippen molar-refractivity contribution in [2.24, 2.45) is 11.1 Å². The number of halogens is 3. The zero-order valence-electron chi connectivity index (χ0n) is 14.5. The summed E-state index contributed by atoms with van der Waals surface area (Å²) in [6.45, 7) is 2.52. The highest BCUT2D eigenvalue weighted by molar-refractivity contribution is 5.85. The first-order valence-corrected chi connectivity index (χ1v) is 8.62. The first kappa shape index (κ1) is 20.6. The Morgan fingerprint density at radius 3 is 2.50 bits per heavy atom. The van der Waals surface area contributed by atoms with Crippen molar-refractivity contribution >= 4 is 24.2 Å². The van der Waals surface area contributed by atoms with Gasteiger partial charge in [0, 0.05) is 51.0 Å². The Labute approximate surface area is 157 Å². The lowest BCUT2D eigenvalue weighted by atomic mass is 9.77. The van der Waals surface area contributed by atoms with Crippen LogP contribution in [0.3, 0.4) is 0 Å². The number of hydrogen-bond acceptors (Lipinski definition) is 3. The van der Waals surface area contributed by atoms with Gasteiger partial charge in [-0.3, -0.25) is 9.59 Å². The topological polar surface area (TPSA) is 66.6 Å². The summed E-state index contributed by atoms with van der Waals surface area (Å²) in [4.78, 5) is 27.8. The minimum atomic E-state index is -0.898. The van der Waals surface area contributed by atoms with Crippen LogP contribution in [0.2, 0.25) is 0 Å². The quantitative estimate of drug-likeness (QED) is 0.860. The summed E-state index contributed by atoms with van der Waals surface area (Å²) in [5.74, 6) is -1.68. The van der Waals surface area contributed by atoms with Crippen LogP contribution in [0.15, 0.2) is 18.2 Å². The molecule has 2 fully saturated rings. The molecular weight excluding hydrogens is 364 g/mol.